The zero-order valence-electron chi connectivity index (χ0n) is 17.4. The molecule has 166 valence electrons. The molecule has 2 aromatic carbocycles. The van der Waals surface area contributed by atoms with Gasteiger partial charge >= 0.3 is 5.97 Å². The number of carboxylic acids is 1. The highest BCUT2D eigenvalue weighted by Crippen LogP contribution is 2.36. The Labute approximate surface area is 190 Å². The van der Waals surface area contributed by atoms with Gasteiger partial charge in [-0.05, 0) is 49.7 Å². The molecule has 0 amide bonds. The number of aliphatic carboxylic acids is 1. The van der Waals surface area contributed by atoms with Crippen LogP contribution in [0.2, 0.25) is 0 Å². The van der Waals surface area contributed by atoms with E-state index in [4.69, 9.17) is 14.8 Å². The van der Waals surface area contributed by atoms with Crippen molar-refractivity contribution >= 4 is 39.3 Å². The Morgan fingerprint density at radius 1 is 1.26 bits per heavy atom. The maximum absolute atomic E-state index is 10.9. The first-order valence-corrected chi connectivity index (χ1v) is 11.9. The average molecular weight is 461 g/mol. The Hall–Kier alpha value is -2.01. The molecule has 31 heavy (non-hydrogen) atoms. The number of benzene rings is 2. The number of hydrogen-bond acceptors (Lipinski definition) is 8. The van der Waals surface area contributed by atoms with Crippen LogP contribution in [0.25, 0.3) is 10.2 Å². The maximum atomic E-state index is 10.9. The van der Waals surface area contributed by atoms with Crippen LogP contribution in [0.1, 0.15) is 29.5 Å². The zero-order chi connectivity index (χ0) is 22.2. The SMILES string of the molecule is CN1CCC(OC(c2cccc(SCC(=O)O)c2)c2nc3ccccc3s2)CC1.NN. The summed E-state index contributed by atoms with van der Waals surface area (Å²) >= 11 is 2.99. The summed E-state index contributed by atoms with van der Waals surface area (Å²) in [6.45, 7) is 2.07. The van der Waals surface area contributed by atoms with E-state index < -0.39 is 5.97 Å². The summed E-state index contributed by atoms with van der Waals surface area (Å²) < 4.78 is 7.77. The van der Waals surface area contributed by atoms with Crippen molar-refractivity contribution in [1.82, 2.24) is 9.88 Å². The van der Waals surface area contributed by atoms with Crippen LogP contribution in [0.5, 0.6) is 0 Å². The van der Waals surface area contributed by atoms with E-state index in [1.54, 1.807) is 11.3 Å². The number of carbonyl (C=O) groups is 1. The van der Waals surface area contributed by atoms with Gasteiger partial charge in [0.15, 0.2) is 0 Å². The van der Waals surface area contributed by atoms with Gasteiger partial charge in [-0.15, -0.1) is 23.1 Å². The van der Waals surface area contributed by atoms with Gasteiger partial charge in [0.25, 0.3) is 0 Å². The number of aromatic nitrogens is 1. The molecule has 5 N–H and O–H groups in total. The minimum atomic E-state index is -0.814. The number of para-hydroxylation sites is 1. The second kappa shape index (κ2) is 11.6. The molecule has 1 atom stereocenters. The largest absolute Gasteiger partial charge is 0.481 e. The quantitative estimate of drug-likeness (QED) is 0.279. The Bertz CT molecular complexity index is 957. The van der Waals surface area contributed by atoms with Gasteiger partial charge in [0.2, 0.25) is 0 Å². The fourth-order valence-electron chi connectivity index (χ4n) is 3.51. The number of thiazole rings is 1. The molecule has 0 radical (unpaired) electrons. The number of hydrazine groups is 1. The molecular formula is C22H28N4O3S2. The van der Waals surface area contributed by atoms with Crippen molar-refractivity contribution in [3.8, 4) is 0 Å². The smallest absolute Gasteiger partial charge is 0.313 e. The topological polar surface area (TPSA) is 115 Å². The van der Waals surface area contributed by atoms with Gasteiger partial charge in [-0.25, -0.2) is 4.98 Å². The van der Waals surface area contributed by atoms with Crippen LogP contribution >= 0.6 is 23.1 Å². The highest BCUT2D eigenvalue weighted by molar-refractivity contribution is 8.00. The van der Waals surface area contributed by atoms with Crippen molar-refractivity contribution in [2.45, 2.75) is 29.9 Å². The van der Waals surface area contributed by atoms with Crippen LogP contribution in [-0.2, 0) is 9.53 Å². The molecule has 4 rings (SSSR count). The van der Waals surface area contributed by atoms with Crippen molar-refractivity contribution in [2.24, 2.45) is 11.7 Å². The Morgan fingerprint density at radius 2 is 2.00 bits per heavy atom. The summed E-state index contributed by atoms with van der Waals surface area (Å²) in [5, 5.41) is 9.94. The van der Waals surface area contributed by atoms with E-state index in [1.807, 2.05) is 36.4 Å². The highest BCUT2D eigenvalue weighted by Gasteiger charge is 2.26. The normalized spacial score (nSPS) is 16.0. The summed E-state index contributed by atoms with van der Waals surface area (Å²) in [4.78, 5) is 19.1. The minimum Gasteiger partial charge on any atom is -0.481 e. The van der Waals surface area contributed by atoms with E-state index in [9.17, 15) is 4.79 Å². The van der Waals surface area contributed by atoms with E-state index in [-0.39, 0.29) is 18.0 Å². The lowest BCUT2D eigenvalue weighted by Crippen LogP contribution is -2.35. The van der Waals surface area contributed by atoms with Crippen LogP contribution in [0.3, 0.4) is 0 Å². The summed E-state index contributed by atoms with van der Waals surface area (Å²) in [6.07, 6.45) is 1.96. The van der Waals surface area contributed by atoms with Crippen LogP contribution in [-0.4, -0.2) is 53.0 Å². The maximum Gasteiger partial charge on any atom is 0.313 e. The number of fused-ring (bicyclic) bond motifs is 1. The van der Waals surface area contributed by atoms with E-state index >= 15 is 0 Å². The van der Waals surface area contributed by atoms with Crippen molar-refractivity contribution in [2.75, 3.05) is 25.9 Å². The first-order chi connectivity index (χ1) is 15.1. The molecule has 1 saturated heterocycles. The molecule has 0 aliphatic carbocycles. The predicted octanol–water partition coefficient (Wildman–Crippen LogP) is 3.49. The van der Waals surface area contributed by atoms with Crippen molar-refractivity contribution in [3.63, 3.8) is 0 Å². The highest BCUT2D eigenvalue weighted by atomic mass is 32.2. The van der Waals surface area contributed by atoms with Gasteiger partial charge in [-0.3, -0.25) is 16.5 Å². The minimum absolute atomic E-state index is 0.0467. The molecule has 1 unspecified atom stereocenters. The third kappa shape index (κ3) is 6.49. The first-order valence-electron chi connectivity index (χ1n) is 10.1. The van der Waals surface area contributed by atoms with Crippen LogP contribution in [0.4, 0.5) is 0 Å². The fraction of sp³-hybridized carbons (Fsp3) is 0.364. The molecule has 1 aliphatic heterocycles. The molecule has 9 heteroatoms. The summed E-state index contributed by atoms with van der Waals surface area (Å²) in [6, 6.07) is 16.2. The summed E-state index contributed by atoms with van der Waals surface area (Å²) in [5.74, 6) is 7.23. The molecule has 3 aromatic rings. The molecule has 1 aliphatic rings. The number of piperidine rings is 1. The molecule has 2 heterocycles. The fourth-order valence-corrected chi connectivity index (χ4v) is 5.22. The number of nitrogens with zero attached hydrogens (tertiary/aromatic N) is 2. The average Bonchev–Trinajstić information content (AvgIpc) is 3.23. The van der Waals surface area contributed by atoms with Gasteiger partial charge in [0.1, 0.15) is 11.1 Å². The van der Waals surface area contributed by atoms with Crippen LogP contribution < -0.4 is 11.7 Å². The zero-order valence-corrected chi connectivity index (χ0v) is 19.1. The molecule has 1 fully saturated rings. The van der Waals surface area contributed by atoms with Gasteiger partial charge in [-0.2, -0.15) is 0 Å². The van der Waals surface area contributed by atoms with E-state index in [0.717, 1.165) is 51.6 Å². The molecule has 7 nitrogen and oxygen atoms in total. The molecule has 1 aromatic heterocycles. The lowest BCUT2D eigenvalue weighted by atomic mass is 10.1. The van der Waals surface area contributed by atoms with Crippen molar-refractivity contribution < 1.29 is 14.6 Å². The van der Waals surface area contributed by atoms with E-state index in [2.05, 4.69) is 35.8 Å². The standard InChI is InChI=1S/C22H24N2O3S2.H4N2/c1-24-11-9-16(10-12-24)27-21(22-23-18-7-2-3-8-19(18)29-22)15-5-4-6-17(13-15)28-14-20(25)26;1-2/h2-8,13,16,21H,9-12,14H2,1H3,(H,25,26);1-2H2. The number of likely N-dealkylation sites (tertiary alicyclic amines) is 1. The van der Waals surface area contributed by atoms with Crippen LogP contribution in [0.15, 0.2) is 53.4 Å². The predicted molar refractivity (Wildman–Crippen MR) is 126 cm³/mol. The monoisotopic (exact) mass is 460 g/mol. The lowest BCUT2D eigenvalue weighted by Gasteiger charge is -2.31. The Balaban J connectivity index is 0.00000132. The number of ether oxygens (including phenoxy) is 1. The first kappa shape index (κ1) is 23.6. The Morgan fingerprint density at radius 3 is 2.71 bits per heavy atom. The number of carboxylic acid groups (broad SMARTS) is 1. The van der Waals surface area contributed by atoms with Gasteiger partial charge in [0.05, 0.1) is 22.1 Å². The number of nitrogens with two attached hydrogens (primary N) is 2. The van der Waals surface area contributed by atoms with E-state index in [0.29, 0.717) is 0 Å². The summed E-state index contributed by atoms with van der Waals surface area (Å²) in [7, 11) is 2.14. The summed E-state index contributed by atoms with van der Waals surface area (Å²) in [5.41, 5.74) is 2.01. The third-order valence-electron chi connectivity index (χ3n) is 5.05. The van der Waals surface area contributed by atoms with Gasteiger partial charge in [0, 0.05) is 18.0 Å². The van der Waals surface area contributed by atoms with Crippen molar-refractivity contribution in [3.05, 3.63) is 59.1 Å². The number of thioether (sulfide) groups is 1. The van der Waals surface area contributed by atoms with Gasteiger partial charge < -0.3 is 14.7 Å². The Kier molecular flexibility index (Phi) is 8.82. The van der Waals surface area contributed by atoms with Gasteiger partial charge in [-0.1, -0.05) is 24.3 Å². The second-order valence-corrected chi connectivity index (χ2v) is 9.40. The van der Waals surface area contributed by atoms with Crippen LogP contribution in [0, 0.1) is 0 Å². The van der Waals surface area contributed by atoms with Crippen molar-refractivity contribution in [1.29, 1.82) is 0 Å². The molecule has 0 bridgehead atoms. The number of hydrogen-bond donors (Lipinski definition) is 3. The molecule has 0 spiro atoms. The number of rotatable bonds is 7. The second-order valence-electron chi connectivity index (χ2n) is 7.29. The third-order valence-corrected chi connectivity index (χ3v) is 7.11. The molecule has 0 saturated carbocycles. The lowest BCUT2D eigenvalue weighted by molar-refractivity contribution is -0.133. The molecular weight excluding hydrogens is 432 g/mol. The van der Waals surface area contributed by atoms with E-state index in [1.165, 1.54) is 11.8 Å².